The van der Waals surface area contributed by atoms with Gasteiger partial charge < -0.3 is 54.5 Å². The van der Waals surface area contributed by atoms with E-state index in [0.717, 1.165) is 5.56 Å². The second-order valence-corrected chi connectivity index (χ2v) is 8.38. The Morgan fingerprint density at radius 3 is 2.26 bits per heavy atom. The van der Waals surface area contributed by atoms with Crippen molar-refractivity contribution in [2.45, 2.75) is 81.8 Å². The van der Waals surface area contributed by atoms with Crippen molar-refractivity contribution in [1.82, 2.24) is 5.32 Å². The number of nitrogens with one attached hydrogen (secondary N) is 1. The molecule has 2 heterocycles. The summed E-state index contributed by atoms with van der Waals surface area (Å²) in [6.45, 7) is 2.29. The van der Waals surface area contributed by atoms with E-state index in [9.17, 15) is 30.3 Å². The number of benzene rings is 1. The smallest absolute Gasteiger partial charge is 0.217 e. The third kappa shape index (κ3) is 6.03. The molecule has 0 spiro atoms. The maximum Gasteiger partial charge on any atom is 0.217 e. The summed E-state index contributed by atoms with van der Waals surface area (Å²) in [4.78, 5) is 11.6. The minimum Gasteiger partial charge on any atom is -0.497 e. The zero-order valence-corrected chi connectivity index (χ0v) is 19.2. The highest BCUT2D eigenvalue weighted by Crippen LogP contribution is 2.30. The molecule has 12 heteroatoms. The van der Waals surface area contributed by atoms with E-state index >= 15 is 0 Å². The van der Waals surface area contributed by atoms with E-state index in [4.69, 9.17) is 23.7 Å². The van der Waals surface area contributed by atoms with Crippen molar-refractivity contribution in [3.63, 3.8) is 0 Å². The lowest BCUT2D eigenvalue weighted by molar-refractivity contribution is -0.343. The summed E-state index contributed by atoms with van der Waals surface area (Å²) in [5.41, 5.74) is 0.800. The topological polar surface area (TPSA) is 176 Å². The SMILES string of the molecule is COc1ccc(CO[C@@H]2O[C@@H](C)[C@H](O[C@@H]3O[C@H](CO)[C@@H](O)[C@H](O)[C@@H]3NC(C)=O)[C@@H](O)[C@H]2O)cc1. The van der Waals surface area contributed by atoms with Crippen LogP contribution < -0.4 is 10.1 Å². The molecule has 0 bridgehead atoms. The van der Waals surface area contributed by atoms with E-state index in [1.165, 1.54) is 6.92 Å². The predicted octanol–water partition coefficient (Wildman–Crippen LogP) is -1.99. The Kier molecular flexibility index (Phi) is 9.20. The van der Waals surface area contributed by atoms with E-state index in [0.29, 0.717) is 5.75 Å². The van der Waals surface area contributed by atoms with E-state index in [1.54, 1.807) is 38.3 Å². The molecular formula is C22H33NO11. The molecule has 0 radical (unpaired) electrons. The molecule has 192 valence electrons. The Morgan fingerprint density at radius 1 is 1.00 bits per heavy atom. The molecule has 0 aromatic heterocycles. The van der Waals surface area contributed by atoms with Gasteiger partial charge in [-0.25, -0.2) is 0 Å². The van der Waals surface area contributed by atoms with Crippen LogP contribution in [0.2, 0.25) is 0 Å². The molecule has 0 saturated carbocycles. The van der Waals surface area contributed by atoms with Crippen molar-refractivity contribution >= 4 is 5.91 Å². The molecule has 6 N–H and O–H groups in total. The molecule has 1 aromatic rings. The van der Waals surface area contributed by atoms with Gasteiger partial charge in [0, 0.05) is 6.92 Å². The molecule has 2 aliphatic rings. The van der Waals surface area contributed by atoms with Crippen LogP contribution in [0.25, 0.3) is 0 Å². The van der Waals surface area contributed by atoms with Crippen molar-refractivity contribution in [1.29, 1.82) is 0 Å². The summed E-state index contributed by atoms with van der Waals surface area (Å²) < 4.78 is 27.8. The number of aliphatic hydroxyl groups excluding tert-OH is 5. The van der Waals surface area contributed by atoms with Crippen LogP contribution in [0.3, 0.4) is 0 Å². The summed E-state index contributed by atoms with van der Waals surface area (Å²) in [5.74, 6) is 0.168. The molecule has 2 fully saturated rings. The molecule has 1 amide bonds. The van der Waals surface area contributed by atoms with Crippen LogP contribution in [0.1, 0.15) is 19.4 Å². The summed E-state index contributed by atoms with van der Waals surface area (Å²) in [7, 11) is 1.56. The first-order chi connectivity index (χ1) is 16.2. The number of carbonyl (C=O) groups excluding carboxylic acids is 1. The highest BCUT2D eigenvalue weighted by molar-refractivity contribution is 5.73. The van der Waals surface area contributed by atoms with Crippen molar-refractivity contribution in [2.75, 3.05) is 13.7 Å². The van der Waals surface area contributed by atoms with E-state index in [2.05, 4.69) is 5.32 Å². The van der Waals surface area contributed by atoms with Gasteiger partial charge in [0.15, 0.2) is 12.6 Å². The van der Waals surface area contributed by atoms with Gasteiger partial charge in [-0.05, 0) is 24.6 Å². The standard InChI is InChI=1S/C22H33NO11/c1-10-20(34-21-15(23-11(2)25)17(27)16(26)14(8-24)33-21)18(28)19(29)22(32-10)31-9-12-4-6-13(30-3)7-5-12/h4-7,10,14-22,24,26-29H,8-9H2,1-3H3,(H,23,25)/t10-,14+,15-,16+,17+,18-,19+,20-,21-,22+/m0/s1. The average Bonchev–Trinajstić information content (AvgIpc) is 2.82. The number of hydrogen-bond donors (Lipinski definition) is 6. The fourth-order valence-electron chi connectivity index (χ4n) is 3.97. The molecule has 0 unspecified atom stereocenters. The molecule has 1 aromatic carbocycles. The van der Waals surface area contributed by atoms with Gasteiger partial charge in [-0.1, -0.05) is 12.1 Å². The van der Waals surface area contributed by atoms with Gasteiger partial charge in [-0.15, -0.1) is 0 Å². The van der Waals surface area contributed by atoms with Crippen LogP contribution in [0.4, 0.5) is 0 Å². The summed E-state index contributed by atoms with van der Waals surface area (Å²) in [6.07, 6.45) is -11.6. The lowest BCUT2D eigenvalue weighted by atomic mass is 9.95. The third-order valence-corrected chi connectivity index (χ3v) is 5.89. The van der Waals surface area contributed by atoms with Gasteiger partial charge in [0.05, 0.1) is 26.4 Å². The molecule has 12 nitrogen and oxygen atoms in total. The zero-order chi connectivity index (χ0) is 25.0. The number of aliphatic hydroxyl groups is 5. The van der Waals surface area contributed by atoms with Gasteiger partial charge >= 0.3 is 0 Å². The first-order valence-corrected chi connectivity index (χ1v) is 11.0. The second-order valence-electron chi connectivity index (χ2n) is 8.38. The van der Waals surface area contributed by atoms with Crippen molar-refractivity contribution in [3.05, 3.63) is 29.8 Å². The number of ether oxygens (including phenoxy) is 5. The van der Waals surface area contributed by atoms with Gasteiger partial charge in [-0.2, -0.15) is 0 Å². The Hall–Kier alpha value is -1.87. The Labute approximate surface area is 197 Å². The van der Waals surface area contributed by atoms with E-state index in [-0.39, 0.29) is 6.61 Å². The molecular weight excluding hydrogens is 454 g/mol. The minimum atomic E-state index is -1.51. The Morgan fingerprint density at radius 2 is 1.68 bits per heavy atom. The lowest BCUT2D eigenvalue weighted by Crippen LogP contribution is -2.67. The highest BCUT2D eigenvalue weighted by Gasteiger charge is 2.50. The van der Waals surface area contributed by atoms with Crippen LogP contribution in [0.5, 0.6) is 5.75 Å². The largest absolute Gasteiger partial charge is 0.497 e. The molecule has 10 atom stereocenters. The average molecular weight is 488 g/mol. The summed E-state index contributed by atoms with van der Waals surface area (Å²) in [5, 5.41) is 53.8. The highest BCUT2D eigenvalue weighted by atomic mass is 16.7. The number of amides is 1. The molecule has 34 heavy (non-hydrogen) atoms. The summed E-state index contributed by atoms with van der Waals surface area (Å²) in [6, 6.07) is 5.91. The predicted molar refractivity (Wildman–Crippen MR) is 114 cm³/mol. The van der Waals surface area contributed by atoms with E-state index in [1.807, 2.05) is 0 Å². The first-order valence-electron chi connectivity index (χ1n) is 11.0. The fraction of sp³-hybridized carbons (Fsp3) is 0.682. The van der Waals surface area contributed by atoms with E-state index < -0.39 is 73.9 Å². The molecule has 2 saturated heterocycles. The van der Waals surface area contributed by atoms with Gasteiger partial charge in [0.1, 0.15) is 48.4 Å². The van der Waals surface area contributed by atoms with Gasteiger partial charge in [0.25, 0.3) is 0 Å². The Bertz CT molecular complexity index is 794. The first kappa shape index (κ1) is 26.7. The second kappa shape index (κ2) is 11.7. The van der Waals surface area contributed by atoms with Gasteiger partial charge in [-0.3, -0.25) is 4.79 Å². The number of carbonyl (C=O) groups is 1. The molecule has 3 rings (SSSR count). The normalized spacial score (nSPS) is 38.4. The lowest BCUT2D eigenvalue weighted by Gasteiger charge is -2.46. The van der Waals surface area contributed by atoms with Crippen molar-refractivity contribution < 1.29 is 54.0 Å². The van der Waals surface area contributed by atoms with Crippen molar-refractivity contribution in [2.24, 2.45) is 0 Å². The fourth-order valence-corrected chi connectivity index (χ4v) is 3.97. The maximum absolute atomic E-state index is 11.6. The van der Waals surface area contributed by atoms with Crippen LogP contribution in [-0.4, -0.2) is 107 Å². The molecule has 0 aliphatic carbocycles. The van der Waals surface area contributed by atoms with Crippen LogP contribution >= 0.6 is 0 Å². The zero-order valence-electron chi connectivity index (χ0n) is 19.2. The van der Waals surface area contributed by atoms with Crippen molar-refractivity contribution in [3.8, 4) is 5.75 Å². The molecule has 2 aliphatic heterocycles. The summed E-state index contributed by atoms with van der Waals surface area (Å²) >= 11 is 0. The quantitative estimate of drug-likeness (QED) is 0.239. The van der Waals surface area contributed by atoms with Crippen LogP contribution in [-0.2, 0) is 30.3 Å². The minimum absolute atomic E-state index is 0.106. The number of methoxy groups -OCH3 is 1. The monoisotopic (exact) mass is 487 g/mol. The maximum atomic E-state index is 11.6. The number of hydrogen-bond acceptors (Lipinski definition) is 11. The number of rotatable bonds is 8. The van der Waals surface area contributed by atoms with Crippen LogP contribution in [0.15, 0.2) is 24.3 Å². The van der Waals surface area contributed by atoms with Crippen LogP contribution in [0, 0.1) is 0 Å². The third-order valence-electron chi connectivity index (χ3n) is 5.89. The Balaban J connectivity index is 1.66. The van der Waals surface area contributed by atoms with Gasteiger partial charge in [0.2, 0.25) is 5.91 Å².